The van der Waals surface area contributed by atoms with Crippen LogP contribution in [0.1, 0.15) is 31.9 Å². The summed E-state index contributed by atoms with van der Waals surface area (Å²) in [6.45, 7) is 12.1. The minimum atomic E-state index is 0.806. The SMILES string of the molecule is C=C(C)/C(C)=C\C(=C/C)c1cc(C)cc(N)c1. The monoisotopic (exact) mass is 227 g/mol. The fourth-order valence-electron chi connectivity index (χ4n) is 1.67. The molecule has 0 saturated carbocycles. The number of rotatable bonds is 3. The topological polar surface area (TPSA) is 26.0 Å². The van der Waals surface area contributed by atoms with Crippen LogP contribution in [0.25, 0.3) is 5.57 Å². The molecule has 0 aromatic heterocycles. The smallest absolute Gasteiger partial charge is 0.0322 e. The Bertz CT molecular complexity index is 470. The van der Waals surface area contributed by atoms with E-state index < -0.39 is 0 Å². The average molecular weight is 227 g/mol. The number of hydrogen-bond acceptors (Lipinski definition) is 1. The summed E-state index contributed by atoms with van der Waals surface area (Å²) in [5.74, 6) is 0. The summed E-state index contributed by atoms with van der Waals surface area (Å²) in [5, 5.41) is 0. The summed E-state index contributed by atoms with van der Waals surface area (Å²) < 4.78 is 0. The normalized spacial score (nSPS) is 12.7. The molecule has 1 aromatic carbocycles. The lowest BCUT2D eigenvalue weighted by Crippen LogP contribution is -1.90. The lowest BCUT2D eigenvalue weighted by atomic mass is 9.99. The molecule has 17 heavy (non-hydrogen) atoms. The van der Waals surface area contributed by atoms with E-state index in [9.17, 15) is 0 Å². The van der Waals surface area contributed by atoms with Crippen LogP contribution in [-0.2, 0) is 0 Å². The van der Waals surface area contributed by atoms with Gasteiger partial charge in [-0.05, 0) is 62.1 Å². The van der Waals surface area contributed by atoms with Crippen LogP contribution in [0.3, 0.4) is 0 Å². The van der Waals surface area contributed by atoms with E-state index in [0.29, 0.717) is 0 Å². The molecule has 0 aliphatic heterocycles. The highest BCUT2D eigenvalue weighted by Gasteiger charge is 2.01. The van der Waals surface area contributed by atoms with Crippen LogP contribution in [0.4, 0.5) is 5.69 Å². The van der Waals surface area contributed by atoms with Gasteiger partial charge in [0, 0.05) is 5.69 Å². The molecule has 0 heterocycles. The molecule has 0 aliphatic rings. The second-order valence-corrected chi connectivity index (χ2v) is 4.48. The summed E-state index contributed by atoms with van der Waals surface area (Å²) in [7, 11) is 0. The second kappa shape index (κ2) is 5.53. The molecule has 1 rings (SSSR count). The van der Waals surface area contributed by atoms with Crippen molar-refractivity contribution in [3.8, 4) is 0 Å². The molecule has 0 atom stereocenters. The van der Waals surface area contributed by atoms with E-state index in [2.05, 4.69) is 38.6 Å². The molecular weight excluding hydrogens is 206 g/mol. The summed E-state index contributed by atoms with van der Waals surface area (Å²) in [4.78, 5) is 0. The fourth-order valence-corrected chi connectivity index (χ4v) is 1.67. The summed E-state index contributed by atoms with van der Waals surface area (Å²) in [5.41, 5.74) is 12.5. The van der Waals surface area contributed by atoms with Crippen LogP contribution < -0.4 is 5.73 Å². The van der Waals surface area contributed by atoms with Gasteiger partial charge < -0.3 is 5.73 Å². The van der Waals surface area contributed by atoms with Gasteiger partial charge in [-0.2, -0.15) is 0 Å². The molecule has 0 aliphatic carbocycles. The Morgan fingerprint density at radius 1 is 1.24 bits per heavy atom. The van der Waals surface area contributed by atoms with Gasteiger partial charge in [-0.25, -0.2) is 0 Å². The molecule has 0 unspecified atom stereocenters. The standard InChI is InChI=1S/C16H21N/c1-6-14(9-13(5)11(2)3)15-7-12(4)8-16(17)10-15/h6-10H,2,17H2,1,3-5H3/b13-9-,14-6+. The largest absolute Gasteiger partial charge is 0.399 e. The molecule has 1 nitrogen and oxygen atoms in total. The Kier molecular flexibility index (Phi) is 4.33. The highest BCUT2D eigenvalue weighted by Crippen LogP contribution is 2.23. The summed E-state index contributed by atoms with van der Waals surface area (Å²) in [6.07, 6.45) is 4.25. The third kappa shape index (κ3) is 3.63. The van der Waals surface area contributed by atoms with Gasteiger partial charge in [-0.1, -0.05) is 30.4 Å². The maximum absolute atomic E-state index is 5.88. The van der Waals surface area contributed by atoms with Crippen molar-refractivity contribution in [1.82, 2.24) is 0 Å². The molecule has 0 saturated heterocycles. The molecule has 90 valence electrons. The highest BCUT2D eigenvalue weighted by atomic mass is 14.5. The van der Waals surface area contributed by atoms with Gasteiger partial charge in [0.1, 0.15) is 0 Å². The molecule has 0 bridgehead atoms. The molecule has 0 spiro atoms. The Morgan fingerprint density at radius 3 is 2.35 bits per heavy atom. The van der Waals surface area contributed by atoms with Crippen LogP contribution in [0.15, 0.2) is 48.1 Å². The van der Waals surface area contributed by atoms with Crippen molar-refractivity contribution in [3.05, 3.63) is 59.2 Å². The van der Waals surface area contributed by atoms with E-state index in [1.807, 2.05) is 26.0 Å². The zero-order valence-electron chi connectivity index (χ0n) is 11.2. The molecule has 1 heteroatoms. The van der Waals surface area contributed by atoms with Crippen LogP contribution in [0, 0.1) is 6.92 Å². The van der Waals surface area contributed by atoms with E-state index in [1.54, 1.807) is 0 Å². The van der Waals surface area contributed by atoms with Crippen LogP contribution in [0.2, 0.25) is 0 Å². The van der Waals surface area contributed by atoms with E-state index in [4.69, 9.17) is 5.73 Å². The van der Waals surface area contributed by atoms with Crippen molar-refractivity contribution in [2.24, 2.45) is 0 Å². The quantitative estimate of drug-likeness (QED) is 0.597. The predicted molar refractivity (Wildman–Crippen MR) is 77.8 cm³/mol. The summed E-state index contributed by atoms with van der Waals surface area (Å²) in [6, 6.07) is 6.13. The van der Waals surface area contributed by atoms with Crippen molar-refractivity contribution in [2.75, 3.05) is 5.73 Å². The van der Waals surface area contributed by atoms with E-state index in [0.717, 1.165) is 16.8 Å². The molecule has 1 aromatic rings. The van der Waals surface area contributed by atoms with Gasteiger partial charge >= 0.3 is 0 Å². The lowest BCUT2D eigenvalue weighted by molar-refractivity contribution is 1.36. The average Bonchev–Trinajstić information content (AvgIpc) is 2.23. The Hall–Kier alpha value is -1.76. The fraction of sp³-hybridized carbons (Fsp3) is 0.250. The van der Waals surface area contributed by atoms with E-state index in [1.165, 1.54) is 16.7 Å². The van der Waals surface area contributed by atoms with Gasteiger partial charge in [0.05, 0.1) is 0 Å². The minimum Gasteiger partial charge on any atom is -0.399 e. The Balaban J connectivity index is 3.20. The van der Waals surface area contributed by atoms with Crippen molar-refractivity contribution >= 4 is 11.3 Å². The van der Waals surface area contributed by atoms with Crippen LogP contribution in [-0.4, -0.2) is 0 Å². The molecular formula is C16H21N. The zero-order valence-corrected chi connectivity index (χ0v) is 11.2. The number of anilines is 1. The van der Waals surface area contributed by atoms with Gasteiger partial charge in [0.2, 0.25) is 0 Å². The van der Waals surface area contributed by atoms with Crippen molar-refractivity contribution < 1.29 is 0 Å². The maximum atomic E-state index is 5.88. The maximum Gasteiger partial charge on any atom is 0.0322 e. The third-order valence-electron chi connectivity index (χ3n) is 2.79. The Morgan fingerprint density at radius 2 is 1.88 bits per heavy atom. The number of hydrogen-bond donors (Lipinski definition) is 1. The first-order chi connectivity index (χ1) is 7.93. The van der Waals surface area contributed by atoms with Crippen molar-refractivity contribution in [2.45, 2.75) is 27.7 Å². The van der Waals surface area contributed by atoms with Crippen LogP contribution in [0.5, 0.6) is 0 Å². The van der Waals surface area contributed by atoms with Gasteiger partial charge in [-0.3, -0.25) is 0 Å². The lowest BCUT2D eigenvalue weighted by Gasteiger charge is -2.08. The minimum absolute atomic E-state index is 0.806. The van der Waals surface area contributed by atoms with Gasteiger partial charge in [-0.15, -0.1) is 0 Å². The van der Waals surface area contributed by atoms with Crippen LogP contribution >= 0.6 is 0 Å². The highest BCUT2D eigenvalue weighted by molar-refractivity contribution is 5.77. The summed E-state index contributed by atoms with van der Waals surface area (Å²) >= 11 is 0. The van der Waals surface area contributed by atoms with Crippen molar-refractivity contribution in [1.29, 1.82) is 0 Å². The van der Waals surface area contributed by atoms with Crippen molar-refractivity contribution in [3.63, 3.8) is 0 Å². The molecule has 0 fully saturated rings. The van der Waals surface area contributed by atoms with E-state index >= 15 is 0 Å². The Labute approximate surface area is 104 Å². The second-order valence-electron chi connectivity index (χ2n) is 4.48. The first-order valence-electron chi connectivity index (χ1n) is 5.82. The van der Waals surface area contributed by atoms with Gasteiger partial charge in [0.25, 0.3) is 0 Å². The molecule has 0 amide bonds. The number of benzene rings is 1. The zero-order chi connectivity index (χ0) is 13.0. The number of nitrogens with two attached hydrogens (primary N) is 1. The predicted octanol–water partition coefficient (Wildman–Crippen LogP) is 4.50. The first-order valence-corrected chi connectivity index (χ1v) is 5.82. The third-order valence-corrected chi connectivity index (χ3v) is 2.79. The molecule has 2 N–H and O–H groups in total. The van der Waals surface area contributed by atoms with E-state index in [-0.39, 0.29) is 0 Å². The number of allylic oxidation sites excluding steroid dienone is 5. The first kappa shape index (κ1) is 13.3. The molecule has 0 radical (unpaired) electrons. The number of nitrogen functional groups attached to an aromatic ring is 1. The number of aryl methyl sites for hydroxylation is 1. The van der Waals surface area contributed by atoms with Gasteiger partial charge in [0.15, 0.2) is 0 Å².